The van der Waals surface area contributed by atoms with Crippen LogP contribution in [0.15, 0.2) is 83.3 Å². The molecule has 2 aromatic heterocycles. The lowest BCUT2D eigenvalue weighted by Gasteiger charge is -2.02. The SMILES string of the molecule is O=C(N/N=C\c1cccs1)c1cc(-c2ccc(-c3ccccc3)cc2)n[nH]1. The van der Waals surface area contributed by atoms with Gasteiger partial charge in [-0.3, -0.25) is 9.89 Å². The fourth-order valence-corrected chi connectivity index (χ4v) is 3.21. The Balaban J connectivity index is 1.45. The molecule has 6 heteroatoms. The normalized spacial score (nSPS) is 11.0. The number of nitrogens with one attached hydrogen (secondary N) is 2. The van der Waals surface area contributed by atoms with Crippen molar-refractivity contribution in [1.29, 1.82) is 0 Å². The number of hydrazone groups is 1. The summed E-state index contributed by atoms with van der Waals surface area (Å²) in [5.41, 5.74) is 6.80. The molecule has 2 aromatic carbocycles. The molecule has 0 radical (unpaired) electrons. The van der Waals surface area contributed by atoms with Gasteiger partial charge in [-0.15, -0.1) is 11.3 Å². The Morgan fingerprint density at radius 1 is 0.963 bits per heavy atom. The number of aromatic amines is 1. The third-order valence-corrected chi connectivity index (χ3v) is 4.82. The summed E-state index contributed by atoms with van der Waals surface area (Å²) in [6.45, 7) is 0. The van der Waals surface area contributed by atoms with Crippen molar-refractivity contribution >= 4 is 23.5 Å². The molecule has 2 N–H and O–H groups in total. The van der Waals surface area contributed by atoms with Crippen LogP contribution in [0.3, 0.4) is 0 Å². The zero-order valence-corrected chi connectivity index (χ0v) is 15.1. The van der Waals surface area contributed by atoms with Crippen LogP contribution in [0.4, 0.5) is 0 Å². The molecule has 132 valence electrons. The molecule has 27 heavy (non-hydrogen) atoms. The van der Waals surface area contributed by atoms with Gasteiger partial charge in [-0.1, -0.05) is 60.7 Å². The third kappa shape index (κ3) is 4.02. The summed E-state index contributed by atoms with van der Waals surface area (Å²) in [6.07, 6.45) is 1.61. The fourth-order valence-electron chi connectivity index (χ4n) is 2.63. The molecule has 2 heterocycles. The highest BCUT2D eigenvalue weighted by atomic mass is 32.1. The van der Waals surface area contributed by atoms with Gasteiger partial charge in [0.1, 0.15) is 5.69 Å². The summed E-state index contributed by atoms with van der Waals surface area (Å²) in [5, 5.41) is 12.9. The summed E-state index contributed by atoms with van der Waals surface area (Å²) in [4.78, 5) is 13.1. The molecule has 0 bridgehead atoms. The van der Waals surface area contributed by atoms with E-state index in [9.17, 15) is 4.79 Å². The van der Waals surface area contributed by atoms with Gasteiger partial charge >= 0.3 is 0 Å². The predicted molar refractivity (Wildman–Crippen MR) is 109 cm³/mol. The molecule has 4 rings (SSSR count). The number of aromatic nitrogens is 2. The van der Waals surface area contributed by atoms with Crippen LogP contribution in [0.5, 0.6) is 0 Å². The third-order valence-electron chi connectivity index (χ3n) is 4.01. The van der Waals surface area contributed by atoms with Crippen molar-refractivity contribution in [3.63, 3.8) is 0 Å². The maximum absolute atomic E-state index is 12.2. The van der Waals surface area contributed by atoms with Crippen molar-refractivity contribution < 1.29 is 4.79 Å². The van der Waals surface area contributed by atoms with Crippen LogP contribution in [-0.4, -0.2) is 22.3 Å². The van der Waals surface area contributed by atoms with E-state index in [2.05, 4.69) is 32.9 Å². The molecule has 0 spiro atoms. The highest BCUT2D eigenvalue weighted by molar-refractivity contribution is 7.11. The maximum Gasteiger partial charge on any atom is 0.289 e. The molecule has 4 aromatic rings. The molecule has 0 saturated carbocycles. The number of hydrogen-bond acceptors (Lipinski definition) is 4. The van der Waals surface area contributed by atoms with Gasteiger partial charge in [0.15, 0.2) is 0 Å². The lowest BCUT2D eigenvalue weighted by Crippen LogP contribution is -2.17. The Morgan fingerprint density at radius 3 is 2.44 bits per heavy atom. The van der Waals surface area contributed by atoms with Gasteiger partial charge in [0.25, 0.3) is 5.91 Å². The standard InChI is InChI=1S/C21H16N4OS/c26-21(25-22-14-18-7-4-12-27-18)20-13-19(23-24-20)17-10-8-16(9-11-17)15-5-2-1-3-6-15/h1-14H,(H,23,24)(H,25,26)/b22-14-. The highest BCUT2D eigenvalue weighted by Gasteiger charge is 2.10. The molecule has 0 aliphatic rings. The Kier molecular flexibility index (Phi) is 4.89. The molecule has 0 aliphatic heterocycles. The first kappa shape index (κ1) is 16.9. The van der Waals surface area contributed by atoms with Crippen molar-refractivity contribution in [2.75, 3.05) is 0 Å². The van der Waals surface area contributed by atoms with E-state index in [1.165, 1.54) is 0 Å². The van der Waals surface area contributed by atoms with Gasteiger partial charge in [-0.2, -0.15) is 10.2 Å². The molecular weight excluding hydrogens is 356 g/mol. The van der Waals surface area contributed by atoms with Crippen LogP contribution in [0.25, 0.3) is 22.4 Å². The van der Waals surface area contributed by atoms with E-state index in [1.807, 2.05) is 60.0 Å². The van der Waals surface area contributed by atoms with Gasteiger partial charge in [-0.25, -0.2) is 5.43 Å². The number of carbonyl (C=O) groups excluding carboxylic acids is 1. The van der Waals surface area contributed by atoms with Gasteiger partial charge in [-0.05, 0) is 28.6 Å². The van der Waals surface area contributed by atoms with Crippen LogP contribution in [-0.2, 0) is 0 Å². The minimum atomic E-state index is -0.331. The Labute approximate surface area is 160 Å². The summed E-state index contributed by atoms with van der Waals surface area (Å²) < 4.78 is 0. The number of H-pyrrole nitrogens is 1. The molecule has 1 amide bonds. The van der Waals surface area contributed by atoms with Gasteiger partial charge < -0.3 is 0 Å². The lowest BCUT2D eigenvalue weighted by atomic mass is 10.0. The molecule has 0 atom stereocenters. The van der Waals surface area contributed by atoms with Gasteiger partial charge in [0, 0.05) is 10.4 Å². The summed E-state index contributed by atoms with van der Waals surface area (Å²) in [6, 6.07) is 23.8. The van der Waals surface area contributed by atoms with E-state index in [-0.39, 0.29) is 5.91 Å². The second-order valence-corrected chi connectivity index (χ2v) is 6.80. The highest BCUT2D eigenvalue weighted by Crippen LogP contribution is 2.24. The molecule has 0 fully saturated rings. The van der Waals surface area contributed by atoms with Crippen molar-refractivity contribution in [3.05, 3.63) is 88.7 Å². The van der Waals surface area contributed by atoms with Crippen LogP contribution >= 0.6 is 11.3 Å². The number of hydrogen-bond donors (Lipinski definition) is 2. The topological polar surface area (TPSA) is 70.1 Å². The second-order valence-electron chi connectivity index (χ2n) is 5.82. The number of nitrogens with zero attached hydrogens (tertiary/aromatic N) is 2. The van der Waals surface area contributed by atoms with Crippen molar-refractivity contribution in [1.82, 2.24) is 15.6 Å². The first-order valence-electron chi connectivity index (χ1n) is 8.38. The Morgan fingerprint density at radius 2 is 1.70 bits per heavy atom. The average Bonchev–Trinajstić information content (AvgIpc) is 3.41. The maximum atomic E-state index is 12.2. The number of carbonyl (C=O) groups is 1. The van der Waals surface area contributed by atoms with E-state index in [4.69, 9.17) is 0 Å². The summed E-state index contributed by atoms with van der Waals surface area (Å²) in [7, 11) is 0. The smallest absolute Gasteiger partial charge is 0.272 e. The monoisotopic (exact) mass is 372 g/mol. The van der Waals surface area contributed by atoms with Crippen molar-refractivity contribution in [2.24, 2.45) is 5.10 Å². The first-order valence-corrected chi connectivity index (χ1v) is 9.26. The molecule has 0 aliphatic carbocycles. The Bertz CT molecular complexity index is 1050. The number of rotatable bonds is 5. The summed E-state index contributed by atoms with van der Waals surface area (Å²) in [5.74, 6) is -0.331. The van der Waals surface area contributed by atoms with Crippen LogP contribution in [0, 0.1) is 0 Å². The fraction of sp³-hybridized carbons (Fsp3) is 0. The quantitative estimate of drug-likeness (QED) is 0.398. The van der Waals surface area contributed by atoms with Crippen LogP contribution in [0.1, 0.15) is 15.4 Å². The Hall–Kier alpha value is -3.51. The minimum absolute atomic E-state index is 0.331. The minimum Gasteiger partial charge on any atom is -0.272 e. The number of benzene rings is 2. The summed E-state index contributed by atoms with van der Waals surface area (Å²) >= 11 is 1.55. The number of amides is 1. The van der Waals surface area contributed by atoms with E-state index in [1.54, 1.807) is 23.6 Å². The van der Waals surface area contributed by atoms with E-state index in [0.29, 0.717) is 11.4 Å². The second kappa shape index (κ2) is 7.80. The van der Waals surface area contributed by atoms with Crippen molar-refractivity contribution in [2.45, 2.75) is 0 Å². The van der Waals surface area contributed by atoms with Crippen LogP contribution < -0.4 is 5.43 Å². The van der Waals surface area contributed by atoms with Crippen molar-refractivity contribution in [3.8, 4) is 22.4 Å². The zero-order valence-electron chi connectivity index (χ0n) is 14.3. The predicted octanol–water partition coefficient (Wildman–Crippen LogP) is 4.57. The van der Waals surface area contributed by atoms with Crippen LogP contribution in [0.2, 0.25) is 0 Å². The van der Waals surface area contributed by atoms with E-state index < -0.39 is 0 Å². The zero-order chi connectivity index (χ0) is 18.5. The average molecular weight is 372 g/mol. The van der Waals surface area contributed by atoms with Gasteiger partial charge in [0.2, 0.25) is 0 Å². The van der Waals surface area contributed by atoms with E-state index >= 15 is 0 Å². The first-order chi connectivity index (χ1) is 13.3. The molecule has 0 unspecified atom stereocenters. The molecular formula is C21H16N4OS. The molecule has 0 saturated heterocycles. The molecule has 5 nitrogen and oxygen atoms in total. The van der Waals surface area contributed by atoms with Gasteiger partial charge in [0.05, 0.1) is 11.9 Å². The van der Waals surface area contributed by atoms with E-state index in [0.717, 1.165) is 21.6 Å². The largest absolute Gasteiger partial charge is 0.289 e. The lowest BCUT2D eigenvalue weighted by molar-refractivity contribution is 0.0950. The number of thiophene rings is 1.